The number of nitrogens with zero attached hydrogens (tertiary/aromatic N) is 1. The van der Waals surface area contributed by atoms with Gasteiger partial charge in [0, 0.05) is 31.2 Å². The van der Waals surface area contributed by atoms with Crippen molar-refractivity contribution in [3.63, 3.8) is 0 Å². The van der Waals surface area contributed by atoms with Crippen LogP contribution in [0, 0.1) is 0 Å². The Morgan fingerprint density at radius 2 is 1.90 bits per heavy atom. The Hall–Kier alpha value is -1.56. The summed E-state index contributed by atoms with van der Waals surface area (Å²) in [5.74, 6) is -0.213. The summed E-state index contributed by atoms with van der Waals surface area (Å²) in [4.78, 5) is 13.9. The van der Waals surface area contributed by atoms with Crippen molar-refractivity contribution in [2.24, 2.45) is 0 Å². The van der Waals surface area contributed by atoms with Gasteiger partial charge in [-0.2, -0.15) is 13.2 Å². The maximum Gasteiger partial charge on any atom is 0.416 e. The number of halogens is 3. The van der Waals surface area contributed by atoms with E-state index in [1.54, 1.807) is 4.90 Å². The lowest BCUT2D eigenvalue weighted by atomic mass is 10.1. The van der Waals surface area contributed by atoms with Gasteiger partial charge in [0.2, 0.25) is 0 Å². The number of benzene rings is 1. The highest BCUT2D eigenvalue weighted by Gasteiger charge is 2.30. The average molecular weight is 286 g/mol. The second-order valence-corrected chi connectivity index (χ2v) is 5.01. The van der Waals surface area contributed by atoms with Crippen LogP contribution in [0.3, 0.4) is 0 Å². The van der Waals surface area contributed by atoms with Crippen LogP contribution < -0.4 is 5.32 Å². The molecular weight excluding hydrogens is 269 g/mol. The molecule has 1 aliphatic rings. The normalized spacial score (nSPS) is 20.6. The fraction of sp³-hybridized carbons (Fsp3) is 0.500. The van der Waals surface area contributed by atoms with Crippen molar-refractivity contribution < 1.29 is 18.0 Å². The lowest BCUT2D eigenvalue weighted by Gasteiger charge is -2.20. The first kappa shape index (κ1) is 14.8. The number of nitrogens with one attached hydrogen (secondary N) is 1. The molecule has 0 bridgehead atoms. The number of rotatable bonds is 1. The van der Waals surface area contributed by atoms with Crippen LogP contribution in [0.1, 0.15) is 29.3 Å². The third-order valence-electron chi connectivity index (χ3n) is 3.45. The molecule has 6 heteroatoms. The maximum atomic E-state index is 12.5. The van der Waals surface area contributed by atoms with Gasteiger partial charge in [-0.3, -0.25) is 4.79 Å². The van der Waals surface area contributed by atoms with Gasteiger partial charge in [0.05, 0.1) is 5.56 Å². The largest absolute Gasteiger partial charge is 0.416 e. The molecule has 0 aromatic heterocycles. The number of carbonyl (C=O) groups excluding carboxylic acids is 1. The number of hydrogen-bond donors (Lipinski definition) is 1. The van der Waals surface area contributed by atoms with Gasteiger partial charge in [-0.25, -0.2) is 0 Å². The Kier molecular flexibility index (Phi) is 4.32. The van der Waals surface area contributed by atoms with Crippen molar-refractivity contribution in [3.05, 3.63) is 35.4 Å². The quantitative estimate of drug-likeness (QED) is 0.860. The van der Waals surface area contributed by atoms with E-state index in [4.69, 9.17) is 0 Å². The van der Waals surface area contributed by atoms with Crippen LogP contribution in [0.15, 0.2) is 24.3 Å². The van der Waals surface area contributed by atoms with Crippen LogP contribution in [0.4, 0.5) is 13.2 Å². The zero-order valence-electron chi connectivity index (χ0n) is 11.2. The summed E-state index contributed by atoms with van der Waals surface area (Å²) in [6.07, 6.45) is -3.53. The van der Waals surface area contributed by atoms with E-state index in [0.29, 0.717) is 31.2 Å². The van der Waals surface area contributed by atoms with Crippen molar-refractivity contribution in [1.29, 1.82) is 0 Å². The SMILES string of the molecule is CC1CCN(C(=O)c2ccc(C(F)(F)F)cc2)CCN1. The molecule has 1 amide bonds. The molecule has 1 unspecified atom stereocenters. The Morgan fingerprint density at radius 3 is 2.50 bits per heavy atom. The first-order chi connectivity index (χ1) is 9.38. The van der Waals surface area contributed by atoms with Crippen LogP contribution in [-0.4, -0.2) is 36.5 Å². The van der Waals surface area contributed by atoms with E-state index >= 15 is 0 Å². The monoisotopic (exact) mass is 286 g/mol. The van der Waals surface area contributed by atoms with Crippen LogP contribution in [-0.2, 0) is 6.18 Å². The first-order valence-electron chi connectivity index (χ1n) is 6.58. The van der Waals surface area contributed by atoms with Crippen LogP contribution in [0.25, 0.3) is 0 Å². The smallest absolute Gasteiger partial charge is 0.337 e. The highest BCUT2D eigenvalue weighted by Crippen LogP contribution is 2.29. The van der Waals surface area contributed by atoms with Crippen LogP contribution in [0.2, 0.25) is 0 Å². The van der Waals surface area contributed by atoms with Gasteiger partial charge in [0.15, 0.2) is 0 Å². The van der Waals surface area contributed by atoms with Gasteiger partial charge in [-0.1, -0.05) is 0 Å². The summed E-state index contributed by atoms with van der Waals surface area (Å²) >= 11 is 0. The summed E-state index contributed by atoms with van der Waals surface area (Å²) in [6.45, 7) is 3.94. The molecular formula is C14H17F3N2O. The summed E-state index contributed by atoms with van der Waals surface area (Å²) in [7, 11) is 0. The fourth-order valence-corrected chi connectivity index (χ4v) is 2.20. The molecule has 0 radical (unpaired) electrons. The van der Waals surface area contributed by atoms with E-state index in [1.807, 2.05) is 6.92 Å². The molecule has 1 atom stereocenters. The topological polar surface area (TPSA) is 32.3 Å². The van der Waals surface area contributed by atoms with E-state index in [2.05, 4.69) is 5.32 Å². The zero-order chi connectivity index (χ0) is 14.8. The minimum absolute atomic E-state index is 0.213. The summed E-state index contributed by atoms with van der Waals surface area (Å²) in [5, 5.41) is 3.27. The molecule has 1 heterocycles. The second-order valence-electron chi connectivity index (χ2n) is 5.01. The molecule has 1 saturated heterocycles. The van der Waals surface area contributed by atoms with Gasteiger partial charge in [0.1, 0.15) is 0 Å². The summed E-state index contributed by atoms with van der Waals surface area (Å²) in [5.41, 5.74) is -0.437. The molecule has 0 spiro atoms. The van der Waals surface area contributed by atoms with Gasteiger partial charge in [-0.05, 0) is 37.6 Å². The fourth-order valence-electron chi connectivity index (χ4n) is 2.20. The molecule has 0 saturated carbocycles. The van der Waals surface area contributed by atoms with Gasteiger partial charge in [0.25, 0.3) is 5.91 Å². The van der Waals surface area contributed by atoms with Crippen LogP contribution >= 0.6 is 0 Å². The molecule has 1 aromatic carbocycles. The molecule has 1 N–H and O–H groups in total. The van der Waals surface area contributed by atoms with Crippen molar-refractivity contribution in [2.75, 3.05) is 19.6 Å². The van der Waals surface area contributed by atoms with Crippen molar-refractivity contribution in [2.45, 2.75) is 25.6 Å². The molecule has 0 aliphatic carbocycles. The molecule has 1 aliphatic heterocycles. The highest BCUT2D eigenvalue weighted by molar-refractivity contribution is 5.94. The number of alkyl halides is 3. The van der Waals surface area contributed by atoms with Gasteiger partial charge < -0.3 is 10.2 Å². The molecule has 110 valence electrons. The minimum atomic E-state index is -4.37. The van der Waals surface area contributed by atoms with E-state index < -0.39 is 11.7 Å². The van der Waals surface area contributed by atoms with E-state index in [0.717, 1.165) is 18.6 Å². The predicted molar refractivity (Wildman–Crippen MR) is 69.4 cm³/mol. The van der Waals surface area contributed by atoms with Crippen molar-refractivity contribution in [1.82, 2.24) is 10.2 Å². The lowest BCUT2D eigenvalue weighted by molar-refractivity contribution is -0.137. The average Bonchev–Trinajstić information content (AvgIpc) is 2.62. The standard InChI is InChI=1S/C14H17F3N2O/c1-10-6-8-19(9-7-18-10)13(20)11-2-4-12(5-3-11)14(15,16)17/h2-5,10,18H,6-9H2,1H3. The van der Waals surface area contributed by atoms with E-state index in [1.165, 1.54) is 12.1 Å². The number of carbonyl (C=O) groups is 1. The number of hydrogen-bond acceptors (Lipinski definition) is 2. The molecule has 20 heavy (non-hydrogen) atoms. The Bertz CT molecular complexity index is 470. The highest BCUT2D eigenvalue weighted by atomic mass is 19.4. The lowest BCUT2D eigenvalue weighted by Crippen LogP contribution is -2.34. The number of amides is 1. The van der Waals surface area contributed by atoms with E-state index in [-0.39, 0.29) is 5.91 Å². The minimum Gasteiger partial charge on any atom is -0.337 e. The molecule has 2 rings (SSSR count). The summed E-state index contributed by atoms with van der Waals surface area (Å²) in [6, 6.07) is 4.73. The Labute approximate surface area is 115 Å². The maximum absolute atomic E-state index is 12.5. The summed E-state index contributed by atoms with van der Waals surface area (Å²) < 4.78 is 37.4. The van der Waals surface area contributed by atoms with E-state index in [9.17, 15) is 18.0 Å². The van der Waals surface area contributed by atoms with Crippen molar-refractivity contribution >= 4 is 5.91 Å². The van der Waals surface area contributed by atoms with Crippen molar-refractivity contribution in [3.8, 4) is 0 Å². The first-order valence-corrected chi connectivity index (χ1v) is 6.58. The van der Waals surface area contributed by atoms with Gasteiger partial charge in [-0.15, -0.1) is 0 Å². The zero-order valence-corrected chi connectivity index (χ0v) is 11.2. The molecule has 1 fully saturated rings. The third-order valence-corrected chi connectivity index (χ3v) is 3.45. The third kappa shape index (κ3) is 3.50. The Balaban J connectivity index is 2.09. The van der Waals surface area contributed by atoms with Gasteiger partial charge >= 0.3 is 6.18 Å². The van der Waals surface area contributed by atoms with Crippen LogP contribution in [0.5, 0.6) is 0 Å². The Morgan fingerprint density at radius 1 is 1.25 bits per heavy atom. The molecule has 1 aromatic rings. The second kappa shape index (κ2) is 5.83. The predicted octanol–water partition coefficient (Wildman–Crippen LogP) is 2.53. The molecule has 3 nitrogen and oxygen atoms in total.